The van der Waals surface area contributed by atoms with E-state index in [1.54, 1.807) is 28.6 Å². The van der Waals surface area contributed by atoms with Gasteiger partial charge in [-0.1, -0.05) is 24.6 Å². The molecule has 88 valence electrons. The lowest BCUT2D eigenvalue weighted by Gasteiger charge is -2.32. The van der Waals surface area contributed by atoms with Crippen molar-refractivity contribution in [3.8, 4) is 0 Å². The Labute approximate surface area is 97.1 Å². The number of piperidine rings is 1. The number of hydrogen-bond acceptors (Lipinski definition) is 2. The molecule has 1 heterocycles. The van der Waals surface area contributed by atoms with Gasteiger partial charge in [-0.25, -0.2) is 8.42 Å². The molecule has 1 fully saturated rings. The predicted molar refractivity (Wildman–Crippen MR) is 63.6 cm³/mol. The molecule has 2 rings (SSSR count). The van der Waals surface area contributed by atoms with E-state index in [1.807, 2.05) is 13.0 Å². The first-order valence-corrected chi connectivity index (χ1v) is 7.13. The Morgan fingerprint density at radius 2 is 1.88 bits per heavy atom. The zero-order valence-electron chi connectivity index (χ0n) is 9.46. The third-order valence-electron chi connectivity index (χ3n) is 3.09. The fourth-order valence-electron chi connectivity index (χ4n) is 2.16. The van der Waals surface area contributed by atoms with Crippen molar-refractivity contribution in [3.63, 3.8) is 0 Å². The minimum absolute atomic E-state index is 0.124. The molecule has 0 unspecified atom stereocenters. The Hall–Kier alpha value is -0.870. The van der Waals surface area contributed by atoms with Gasteiger partial charge in [-0.05, 0) is 31.9 Å². The lowest BCUT2D eigenvalue weighted by Crippen LogP contribution is -2.41. The highest BCUT2D eigenvalue weighted by molar-refractivity contribution is 7.89. The maximum atomic E-state index is 12.3. The van der Waals surface area contributed by atoms with Crippen LogP contribution in [0.2, 0.25) is 0 Å². The molecule has 0 radical (unpaired) electrons. The molecule has 0 bridgehead atoms. The van der Waals surface area contributed by atoms with E-state index in [0.717, 1.165) is 19.3 Å². The van der Waals surface area contributed by atoms with Crippen molar-refractivity contribution in [3.05, 3.63) is 30.3 Å². The lowest BCUT2D eigenvalue weighted by molar-refractivity contribution is 0.268. The summed E-state index contributed by atoms with van der Waals surface area (Å²) in [6, 6.07) is 8.81. The molecule has 4 heteroatoms. The molecular formula is C12H17NO2S. The predicted octanol–water partition coefficient (Wildman–Crippen LogP) is 2.25. The van der Waals surface area contributed by atoms with Gasteiger partial charge in [-0.2, -0.15) is 4.31 Å². The van der Waals surface area contributed by atoms with Crippen LogP contribution >= 0.6 is 0 Å². The van der Waals surface area contributed by atoms with E-state index in [4.69, 9.17) is 0 Å². The van der Waals surface area contributed by atoms with E-state index < -0.39 is 10.0 Å². The van der Waals surface area contributed by atoms with E-state index in [0.29, 0.717) is 11.4 Å². The van der Waals surface area contributed by atoms with Gasteiger partial charge >= 0.3 is 0 Å². The highest BCUT2D eigenvalue weighted by Crippen LogP contribution is 2.24. The van der Waals surface area contributed by atoms with Gasteiger partial charge in [0.2, 0.25) is 10.0 Å². The largest absolute Gasteiger partial charge is 0.243 e. The van der Waals surface area contributed by atoms with Crippen molar-refractivity contribution < 1.29 is 8.42 Å². The number of hydrogen-bond donors (Lipinski definition) is 0. The Morgan fingerprint density at radius 3 is 2.50 bits per heavy atom. The van der Waals surface area contributed by atoms with Crippen LogP contribution in [0.5, 0.6) is 0 Å². The SMILES string of the molecule is C[C@@H]1CCCCN1S(=O)(=O)c1ccccc1. The summed E-state index contributed by atoms with van der Waals surface area (Å²) in [5.41, 5.74) is 0. The van der Waals surface area contributed by atoms with E-state index >= 15 is 0 Å². The van der Waals surface area contributed by atoms with Crippen LogP contribution in [-0.2, 0) is 10.0 Å². The number of nitrogens with zero attached hydrogens (tertiary/aromatic N) is 1. The summed E-state index contributed by atoms with van der Waals surface area (Å²) in [5, 5.41) is 0. The second-order valence-electron chi connectivity index (χ2n) is 4.27. The maximum Gasteiger partial charge on any atom is 0.243 e. The first-order chi connectivity index (χ1) is 7.62. The highest BCUT2D eigenvalue weighted by Gasteiger charge is 2.30. The van der Waals surface area contributed by atoms with E-state index in [9.17, 15) is 8.42 Å². The fraction of sp³-hybridized carbons (Fsp3) is 0.500. The Bertz CT molecular complexity index is 441. The Balaban J connectivity index is 2.32. The third-order valence-corrected chi connectivity index (χ3v) is 5.12. The number of rotatable bonds is 2. The maximum absolute atomic E-state index is 12.3. The van der Waals surface area contributed by atoms with E-state index in [1.165, 1.54) is 0 Å². The second kappa shape index (κ2) is 4.55. The smallest absolute Gasteiger partial charge is 0.207 e. The summed E-state index contributed by atoms with van der Waals surface area (Å²) in [6.45, 7) is 2.64. The van der Waals surface area contributed by atoms with Crippen molar-refractivity contribution in [2.24, 2.45) is 0 Å². The van der Waals surface area contributed by atoms with Crippen molar-refractivity contribution in [1.29, 1.82) is 0 Å². The zero-order chi connectivity index (χ0) is 11.6. The van der Waals surface area contributed by atoms with Gasteiger partial charge in [0.15, 0.2) is 0 Å². The first kappa shape index (κ1) is 11.6. The van der Waals surface area contributed by atoms with Gasteiger partial charge in [0.25, 0.3) is 0 Å². The fourth-order valence-corrected chi connectivity index (χ4v) is 3.88. The monoisotopic (exact) mass is 239 g/mol. The minimum atomic E-state index is -3.28. The van der Waals surface area contributed by atoms with Crippen LogP contribution < -0.4 is 0 Å². The summed E-state index contributed by atoms with van der Waals surface area (Å²) < 4.78 is 26.3. The first-order valence-electron chi connectivity index (χ1n) is 5.69. The lowest BCUT2D eigenvalue weighted by atomic mass is 10.1. The molecular weight excluding hydrogens is 222 g/mol. The van der Waals surface area contributed by atoms with Gasteiger partial charge in [-0.15, -0.1) is 0 Å². The minimum Gasteiger partial charge on any atom is -0.207 e. The normalized spacial score (nSPS) is 23.2. The molecule has 1 aliphatic heterocycles. The third kappa shape index (κ3) is 2.13. The molecule has 3 nitrogen and oxygen atoms in total. The molecule has 0 aromatic heterocycles. The summed E-state index contributed by atoms with van der Waals surface area (Å²) in [6.07, 6.45) is 3.06. The van der Waals surface area contributed by atoms with Crippen LogP contribution in [0, 0.1) is 0 Å². The summed E-state index contributed by atoms with van der Waals surface area (Å²) >= 11 is 0. The summed E-state index contributed by atoms with van der Waals surface area (Å²) in [4.78, 5) is 0.406. The Kier molecular flexibility index (Phi) is 3.30. The summed E-state index contributed by atoms with van der Waals surface area (Å²) in [7, 11) is -3.28. The Morgan fingerprint density at radius 1 is 1.19 bits per heavy atom. The van der Waals surface area contributed by atoms with Crippen molar-refractivity contribution in [2.45, 2.75) is 37.1 Å². The molecule has 0 aliphatic carbocycles. The van der Waals surface area contributed by atoms with Crippen LogP contribution in [0.1, 0.15) is 26.2 Å². The van der Waals surface area contributed by atoms with Crippen LogP contribution in [0.25, 0.3) is 0 Å². The molecule has 0 N–H and O–H groups in total. The molecule has 1 aromatic carbocycles. The molecule has 0 saturated carbocycles. The van der Waals surface area contributed by atoms with Crippen LogP contribution in [0.3, 0.4) is 0 Å². The topological polar surface area (TPSA) is 37.4 Å². The van der Waals surface area contributed by atoms with Crippen molar-refractivity contribution >= 4 is 10.0 Å². The zero-order valence-corrected chi connectivity index (χ0v) is 10.3. The van der Waals surface area contributed by atoms with E-state index in [-0.39, 0.29) is 6.04 Å². The van der Waals surface area contributed by atoms with Crippen LogP contribution in [0.15, 0.2) is 35.2 Å². The summed E-state index contributed by atoms with van der Waals surface area (Å²) in [5.74, 6) is 0. The second-order valence-corrected chi connectivity index (χ2v) is 6.16. The van der Waals surface area contributed by atoms with E-state index in [2.05, 4.69) is 0 Å². The average molecular weight is 239 g/mol. The number of benzene rings is 1. The molecule has 1 atom stereocenters. The van der Waals surface area contributed by atoms with Gasteiger partial charge in [0, 0.05) is 12.6 Å². The quantitative estimate of drug-likeness (QED) is 0.793. The molecule has 0 amide bonds. The standard InChI is InChI=1S/C12H17NO2S/c1-11-7-5-6-10-13(11)16(14,15)12-8-3-2-4-9-12/h2-4,8-9,11H,5-7,10H2,1H3/t11-/m1/s1. The highest BCUT2D eigenvalue weighted by atomic mass is 32.2. The number of sulfonamides is 1. The van der Waals surface area contributed by atoms with Crippen LogP contribution in [-0.4, -0.2) is 25.3 Å². The van der Waals surface area contributed by atoms with Gasteiger partial charge in [0.05, 0.1) is 4.90 Å². The molecule has 16 heavy (non-hydrogen) atoms. The van der Waals surface area contributed by atoms with Crippen molar-refractivity contribution in [1.82, 2.24) is 4.31 Å². The van der Waals surface area contributed by atoms with Gasteiger partial charge in [-0.3, -0.25) is 0 Å². The molecule has 1 aliphatic rings. The van der Waals surface area contributed by atoms with Gasteiger partial charge in [0.1, 0.15) is 0 Å². The average Bonchev–Trinajstić information content (AvgIpc) is 2.30. The molecule has 1 aromatic rings. The van der Waals surface area contributed by atoms with Crippen molar-refractivity contribution in [2.75, 3.05) is 6.54 Å². The van der Waals surface area contributed by atoms with Crippen LogP contribution in [0.4, 0.5) is 0 Å². The molecule has 0 spiro atoms. The molecule has 1 saturated heterocycles. The van der Waals surface area contributed by atoms with Gasteiger partial charge < -0.3 is 0 Å².